The van der Waals surface area contributed by atoms with Crippen LogP contribution >= 0.6 is 0 Å². The lowest BCUT2D eigenvalue weighted by Gasteiger charge is -2.34. The fourth-order valence-corrected chi connectivity index (χ4v) is 2.30. The lowest BCUT2D eigenvalue weighted by atomic mass is 9.79. The smallest absolute Gasteiger partial charge is 0.408 e. The van der Waals surface area contributed by atoms with Crippen molar-refractivity contribution in [2.45, 2.75) is 77.5 Å². The van der Waals surface area contributed by atoms with E-state index >= 15 is 0 Å². The van der Waals surface area contributed by atoms with E-state index in [1.807, 2.05) is 6.92 Å². The first-order chi connectivity index (χ1) is 10.3. The second-order valence-electron chi connectivity index (χ2n) is 6.79. The predicted molar refractivity (Wildman–Crippen MR) is 83.0 cm³/mol. The standard InChI is InChI=1S/C16H27N3O3/c1-5-12(9-10-17)18-14(20)13(11-7-6-8-11)19-15(21)22-16(2,3)4/h11-13H,5-9H2,1-4H3,(H,18,20)(H,19,21)/t12-,13-/m0/s1. The molecule has 0 bridgehead atoms. The van der Waals surface area contributed by atoms with Gasteiger partial charge in [0, 0.05) is 6.04 Å². The number of nitrogens with one attached hydrogen (secondary N) is 2. The van der Waals surface area contributed by atoms with Crippen LogP contribution in [0.3, 0.4) is 0 Å². The minimum Gasteiger partial charge on any atom is -0.444 e. The van der Waals surface area contributed by atoms with E-state index < -0.39 is 17.7 Å². The van der Waals surface area contributed by atoms with Gasteiger partial charge in [-0.25, -0.2) is 4.79 Å². The number of nitrogens with zero attached hydrogens (tertiary/aromatic N) is 1. The van der Waals surface area contributed by atoms with Crippen LogP contribution in [0.1, 0.15) is 59.8 Å². The minimum atomic E-state index is -0.600. The molecule has 0 aromatic rings. The van der Waals surface area contributed by atoms with Gasteiger partial charge in [-0.15, -0.1) is 0 Å². The summed E-state index contributed by atoms with van der Waals surface area (Å²) in [5, 5.41) is 14.3. The number of hydrogen-bond donors (Lipinski definition) is 2. The molecular formula is C16H27N3O3. The lowest BCUT2D eigenvalue weighted by molar-refractivity contribution is -0.126. The van der Waals surface area contributed by atoms with E-state index in [0.717, 1.165) is 19.3 Å². The first-order valence-corrected chi connectivity index (χ1v) is 7.93. The number of nitriles is 1. The topological polar surface area (TPSA) is 91.2 Å². The van der Waals surface area contributed by atoms with Crippen molar-refractivity contribution in [3.63, 3.8) is 0 Å². The van der Waals surface area contributed by atoms with Gasteiger partial charge in [-0.05, 0) is 46.0 Å². The molecule has 0 radical (unpaired) electrons. The number of alkyl carbamates (subject to hydrolysis) is 1. The molecule has 2 amide bonds. The molecule has 2 N–H and O–H groups in total. The van der Waals surface area contributed by atoms with Crippen molar-refractivity contribution in [2.75, 3.05) is 0 Å². The van der Waals surface area contributed by atoms with Gasteiger partial charge in [-0.3, -0.25) is 4.79 Å². The van der Waals surface area contributed by atoms with Gasteiger partial charge in [0.1, 0.15) is 11.6 Å². The van der Waals surface area contributed by atoms with Crippen molar-refractivity contribution in [1.82, 2.24) is 10.6 Å². The van der Waals surface area contributed by atoms with Gasteiger partial charge in [0.25, 0.3) is 0 Å². The minimum absolute atomic E-state index is 0.145. The Morgan fingerprint density at radius 2 is 1.95 bits per heavy atom. The molecule has 6 heteroatoms. The summed E-state index contributed by atoms with van der Waals surface area (Å²) in [6, 6.07) is 1.30. The Labute approximate surface area is 132 Å². The molecule has 0 spiro atoms. The van der Waals surface area contributed by atoms with Gasteiger partial charge in [-0.2, -0.15) is 5.26 Å². The maximum Gasteiger partial charge on any atom is 0.408 e. The van der Waals surface area contributed by atoms with Crippen LogP contribution in [-0.2, 0) is 9.53 Å². The molecule has 1 rings (SSSR count). The molecule has 0 aliphatic heterocycles. The van der Waals surface area contributed by atoms with Crippen LogP contribution < -0.4 is 10.6 Å². The maximum absolute atomic E-state index is 12.4. The highest BCUT2D eigenvalue weighted by Gasteiger charge is 2.35. The van der Waals surface area contributed by atoms with Gasteiger partial charge in [0.05, 0.1) is 12.5 Å². The molecule has 0 aromatic heterocycles. The molecular weight excluding hydrogens is 282 g/mol. The molecule has 0 heterocycles. The van der Waals surface area contributed by atoms with Crippen LogP contribution in [0.5, 0.6) is 0 Å². The Bertz CT molecular complexity index is 433. The third-order valence-corrected chi connectivity index (χ3v) is 3.75. The maximum atomic E-state index is 12.4. The van der Waals surface area contributed by atoms with Gasteiger partial charge in [0.15, 0.2) is 0 Å². The van der Waals surface area contributed by atoms with Crippen molar-refractivity contribution in [3.05, 3.63) is 0 Å². The highest BCUT2D eigenvalue weighted by Crippen LogP contribution is 2.30. The number of ether oxygens (including phenoxy) is 1. The summed E-state index contributed by atoms with van der Waals surface area (Å²) in [6.45, 7) is 7.27. The molecule has 0 saturated heterocycles. The number of hydrogen-bond acceptors (Lipinski definition) is 4. The van der Waals surface area contributed by atoms with Crippen LogP contribution in [0.4, 0.5) is 4.79 Å². The van der Waals surface area contributed by atoms with Gasteiger partial charge >= 0.3 is 6.09 Å². The van der Waals surface area contributed by atoms with Crippen LogP contribution in [-0.4, -0.2) is 29.7 Å². The zero-order chi connectivity index (χ0) is 16.8. The van der Waals surface area contributed by atoms with Crippen LogP contribution in [0.15, 0.2) is 0 Å². The zero-order valence-electron chi connectivity index (χ0n) is 13.9. The molecule has 0 aromatic carbocycles. The largest absolute Gasteiger partial charge is 0.444 e. The fraction of sp³-hybridized carbons (Fsp3) is 0.812. The third kappa shape index (κ3) is 5.92. The SMILES string of the molecule is CC[C@@H](CC#N)NC(=O)[C@@H](NC(=O)OC(C)(C)C)C1CCC1. The summed E-state index contributed by atoms with van der Waals surface area (Å²) >= 11 is 0. The van der Waals surface area contributed by atoms with E-state index in [0.29, 0.717) is 6.42 Å². The molecule has 2 atom stereocenters. The molecule has 1 saturated carbocycles. The van der Waals surface area contributed by atoms with Crippen molar-refractivity contribution in [1.29, 1.82) is 5.26 Å². The van der Waals surface area contributed by atoms with Crippen molar-refractivity contribution >= 4 is 12.0 Å². The summed E-state index contributed by atoms with van der Waals surface area (Å²) in [7, 11) is 0. The summed E-state index contributed by atoms with van der Waals surface area (Å²) in [4.78, 5) is 24.4. The summed E-state index contributed by atoms with van der Waals surface area (Å²) < 4.78 is 5.23. The molecule has 1 aliphatic carbocycles. The highest BCUT2D eigenvalue weighted by molar-refractivity contribution is 5.86. The zero-order valence-corrected chi connectivity index (χ0v) is 13.9. The molecule has 0 unspecified atom stereocenters. The first kappa shape index (κ1) is 18.3. The van der Waals surface area contributed by atoms with Crippen molar-refractivity contribution in [2.24, 2.45) is 5.92 Å². The summed E-state index contributed by atoms with van der Waals surface area (Å²) in [6.07, 6.45) is 3.29. The monoisotopic (exact) mass is 309 g/mol. The average Bonchev–Trinajstić information content (AvgIpc) is 2.32. The molecule has 1 fully saturated rings. The Morgan fingerprint density at radius 3 is 2.36 bits per heavy atom. The quantitative estimate of drug-likeness (QED) is 0.788. The van der Waals surface area contributed by atoms with Crippen molar-refractivity contribution in [3.8, 4) is 6.07 Å². The Kier molecular flexibility index (Phi) is 6.66. The van der Waals surface area contributed by atoms with Gasteiger partial charge < -0.3 is 15.4 Å². The molecule has 6 nitrogen and oxygen atoms in total. The van der Waals surface area contributed by atoms with E-state index in [9.17, 15) is 9.59 Å². The molecule has 1 aliphatic rings. The average molecular weight is 309 g/mol. The summed E-state index contributed by atoms with van der Waals surface area (Å²) in [5.41, 5.74) is -0.600. The highest BCUT2D eigenvalue weighted by atomic mass is 16.6. The van der Waals surface area contributed by atoms with Crippen LogP contribution in [0.2, 0.25) is 0 Å². The Balaban J connectivity index is 2.66. The van der Waals surface area contributed by atoms with Crippen molar-refractivity contribution < 1.29 is 14.3 Å². The lowest BCUT2D eigenvalue weighted by Crippen LogP contribution is -2.55. The van der Waals surface area contributed by atoms with E-state index in [4.69, 9.17) is 10.00 Å². The van der Waals surface area contributed by atoms with Crippen LogP contribution in [0.25, 0.3) is 0 Å². The second kappa shape index (κ2) is 8.02. The molecule has 22 heavy (non-hydrogen) atoms. The Morgan fingerprint density at radius 1 is 1.32 bits per heavy atom. The van der Waals surface area contributed by atoms with E-state index in [2.05, 4.69) is 16.7 Å². The summed E-state index contributed by atoms with van der Waals surface area (Å²) in [5.74, 6) is -0.0789. The van der Waals surface area contributed by atoms with Gasteiger partial charge in [0.2, 0.25) is 5.91 Å². The number of amides is 2. The van der Waals surface area contributed by atoms with E-state index in [-0.39, 0.29) is 24.3 Å². The third-order valence-electron chi connectivity index (χ3n) is 3.75. The van der Waals surface area contributed by atoms with Crippen LogP contribution in [0, 0.1) is 17.2 Å². The van der Waals surface area contributed by atoms with E-state index in [1.165, 1.54) is 0 Å². The number of carbonyl (C=O) groups is 2. The number of carbonyl (C=O) groups excluding carboxylic acids is 2. The molecule has 124 valence electrons. The Hall–Kier alpha value is -1.77. The second-order valence-corrected chi connectivity index (χ2v) is 6.79. The fourth-order valence-electron chi connectivity index (χ4n) is 2.30. The normalized spacial score (nSPS) is 17.6. The van der Waals surface area contributed by atoms with E-state index in [1.54, 1.807) is 20.8 Å². The first-order valence-electron chi connectivity index (χ1n) is 7.93. The predicted octanol–water partition coefficient (Wildman–Crippen LogP) is 2.49. The van der Waals surface area contributed by atoms with Gasteiger partial charge in [-0.1, -0.05) is 13.3 Å². The number of rotatable bonds is 6.